The van der Waals surface area contributed by atoms with Crippen molar-refractivity contribution in [3.63, 3.8) is 0 Å². The van der Waals surface area contributed by atoms with Crippen molar-refractivity contribution in [3.8, 4) is 39.5 Å². The number of furan rings is 1. The van der Waals surface area contributed by atoms with E-state index in [2.05, 4.69) is 153 Å². The van der Waals surface area contributed by atoms with Gasteiger partial charge in [0.25, 0.3) is 0 Å². The van der Waals surface area contributed by atoms with Crippen molar-refractivity contribution in [1.29, 1.82) is 0 Å². The van der Waals surface area contributed by atoms with Crippen molar-refractivity contribution in [2.45, 2.75) is 90.3 Å². The monoisotopic (exact) mass is 1060 g/mol. The molecule has 0 N–H and O–H groups in total. The SMILES string of the molecule is Cc1ccc2c(n1)nc(-c1[c-]ccc3c1oc1ccccc13)n2-c1c(C(C)C)cc(-c2ccccc2)cc1C(C)C.[2H]C([2H])([2H])c1c[c-]c(-c2cc(C(C)C)[c]([Ge]([CH3])([CH3])[CH3])cn2)cc1.[Ir]. The maximum absolute atomic E-state index is 7.44. The maximum atomic E-state index is 7.44. The van der Waals surface area contributed by atoms with Gasteiger partial charge in [-0.15, -0.1) is 18.2 Å². The van der Waals surface area contributed by atoms with E-state index in [-0.39, 0.29) is 31.9 Å². The molecule has 7 heteroatoms. The fourth-order valence-electron chi connectivity index (χ4n) is 8.23. The maximum Gasteiger partial charge on any atom is 0 e. The number of aryl methyl sites for hydroxylation is 2. The summed E-state index contributed by atoms with van der Waals surface area (Å²) in [6.45, 7) is 13.4. The fraction of sp³-hybridized carbons (Fsp3) is 0.255. The summed E-state index contributed by atoms with van der Waals surface area (Å²) in [5.41, 5.74) is 14.7. The number of nitrogens with zero attached hydrogens (tertiary/aromatic N) is 4. The summed E-state index contributed by atoms with van der Waals surface area (Å²) >= 11 is -1.97. The number of rotatable bonds is 8. The van der Waals surface area contributed by atoms with Gasteiger partial charge in [0.2, 0.25) is 0 Å². The molecule has 0 saturated heterocycles. The van der Waals surface area contributed by atoms with Crippen LogP contribution in [0.5, 0.6) is 0 Å². The Bertz CT molecular complexity index is 3100. The van der Waals surface area contributed by atoms with Crippen LogP contribution in [0.4, 0.5) is 0 Å². The van der Waals surface area contributed by atoms with Gasteiger partial charge in [0.15, 0.2) is 5.65 Å². The van der Waals surface area contributed by atoms with Crippen LogP contribution in [0.3, 0.4) is 0 Å². The molecule has 0 spiro atoms. The van der Waals surface area contributed by atoms with Gasteiger partial charge in [0, 0.05) is 36.9 Å². The van der Waals surface area contributed by atoms with Crippen LogP contribution in [0.1, 0.15) is 91.4 Å². The van der Waals surface area contributed by atoms with Gasteiger partial charge >= 0.3 is 130 Å². The van der Waals surface area contributed by atoms with Crippen molar-refractivity contribution in [3.05, 3.63) is 162 Å². The molecule has 4 heterocycles. The number of hydrogen-bond acceptors (Lipinski definition) is 4. The number of pyridine rings is 2. The quantitative estimate of drug-likeness (QED) is 0.112. The summed E-state index contributed by atoms with van der Waals surface area (Å²) in [6.07, 6.45) is 2.02. The first-order valence-electron chi connectivity index (χ1n) is 22.9. The average Bonchev–Trinajstić information content (AvgIpc) is 3.84. The zero-order valence-electron chi connectivity index (χ0n) is 40.3. The summed E-state index contributed by atoms with van der Waals surface area (Å²) in [6, 6.07) is 45.5. The Morgan fingerprint density at radius 3 is 2.05 bits per heavy atom. The molecule has 0 amide bonds. The van der Waals surface area contributed by atoms with Crippen molar-refractivity contribution < 1.29 is 28.6 Å². The third-order valence-corrected chi connectivity index (χ3v) is 15.7. The van der Waals surface area contributed by atoms with E-state index < -0.39 is 20.1 Å². The van der Waals surface area contributed by atoms with Crippen LogP contribution in [-0.2, 0) is 20.1 Å². The van der Waals surface area contributed by atoms with Gasteiger partial charge in [-0.25, -0.2) is 4.98 Å². The van der Waals surface area contributed by atoms with E-state index in [0.717, 1.165) is 61.4 Å². The third kappa shape index (κ3) is 8.88. The molecule has 0 fully saturated rings. The molecule has 0 atom stereocenters. The van der Waals surface area contributed by atoms with E-state index in [1.807, 2.05) is 37.4 Å². The summed E-state index contributed by atoms with van der Waals surface area (Å²) in [7, 11) is 0. The standard InChI is InChI=1S/C37H32N3O.C18H24GeN.Ir/c1-22(2)30-20-26(25-12-7-6-8-13-25)21-31(23(3)4)34(30)40-32-19-18-24(5)38-36(32)39-37(40)29-16-11-15-28-27-14-9-10-17-33(27)41-35(28)29;1-13(2)16-11-18(15-9-7-14(3)8-10-15)20-12-17(16)19(4,5)6;/h6-15,17-23H,1-5H3;7-9,11-13H,1-6H3;/q2*-1;/i;3D3;. The van der Waals surface area contributed by atoms with E-state index >= 15 is 0 Å². The molecule has 0 aliphatic carbocycles. The summed E-state index contributed by atoms with van der Waals surface area (Å²) in [4.78, 5) is 14.7. The largest absolute Gasteiger partial charge is 0 e. The molecule has 0 aliphatic rings. The minimum absolute atomic E-state index is 0. The van der Waals surface area contributed by atoms with Crippen LogP contribution in [0.15, 0.2) is 126 Å². The van der Waals surface area contributed by atoms with Crippen LogP contribution in [0.25, 0.3) is 72.6 Å². The van der Waals surface area contributed by atoms with Crippen LogP contribution >= 0.6 is 0 Å². The molecule has 62 heavy (non-hydrogen) atoms. The van der Waals surface area contributed by atoms with Crippen LogP contribution in [0, 0.1) is 25.9 Å². The molecule has 317 valence electrons. The molecule has 0 saturated carbocycles. The van der Waals surface area contributed by atoms with E-state index in [1.165, 1.54) is 37.9 Å². The molecule has 0 bridgehead atoms. The van der Waals surface area contributed by atoms with Crippen LogP contribution < -0.4 is 4.40 Å². The first-order chi connectivity index (χ1) is 30.4. The number of aromatic nitrogens is 4. The normalized spacial score (nSPS) is 12.7. The molecule has 1 radical (unpaired) electrons. The van der Waals surface area contributed by atoms with Gasteiger partial charge in [-0.2, -0.15) is 0 Å². The molecule has 9 aromatic rings. The van der Waals surface area contributed by atoms with E-state index in [1.54, 1.807) is 18.2 Å². The summed E-state index contributed by atoms with van der Waals surface area (Å²) < 4.78 is 32.5. The average molecular weight is 1060 g/mol. The first kappa shape index (κ1) is 40.9. The minimum Gasteiger partial charge on any atom is 0 e. The van der Waals surface area contributed by atoms with Crippen molar-refractivity contribution >= 4 is 50.8 Å². The molecular formula is C55H56GeIrN4O-2. The number of para-hydroxylation sites is 1. The first-order valence-corrected chi connectivity index (χ1v) is 28.7. The number of imidazole rings is 1. The topological polar surface area (TPSA) is 56.7 Å². The van der Waals surface area contributed by atoms with Gasteiger partial charge in [0.1, 0.15) is 5.58 Å². The molecule has 9 rings (SSSR count). The second-order valence-electron chi connectivity index (χ2n) is 18.0. The number of benzene rings is 5. The Morgan fingerprint density at radius 2 is 1.40 bits per heavy atom. The summed E-state index contributed by atoms with van der Waals surface area (Å²) in [5.74, 6) is 8.92. The second kappa shape index (κ2) is 18.3. The Morgan fingerprint density at radius 1 is 0.710 bits per heavy atom. The predicted octanol–water partition coefficient (Wildman–Crippen LogP) is 14.5. The zero-order chi connectivity index (χ0) is 45.7. The third-order valence-electron chi connectivity index (χ3n) is 11.4. The van der Waals surface area contributed by atoms with E-state index in [9.17, 15) is 0 Å². The molecular weight excluding hydrogens is 997 g/mol. The van der Waals surface area contributed by atoms with Crippen LogP contribution in [-0.4, -0.2) is 32.8 Å². The zero-order valence-corrected chi connectivity index (χ0v) is 41.8. The van der Waals surface area contributed by atoms with Gasteiger partial charge in [0.05, 0.1) is 16.9 Å². The number of fused-ring (bicyclic) bond motifs is 4. The van der Waals surface area contributed by atoms with Gasteiger partial charge < -0.3 is 8.98 Å². The van der Waals surface area contributed by atoms with Crippen molar-refractivity contribution in [1.82, 2.24) is 19.5 Å². The van der Waals surface area contributed by atoms with Crippen LogP contribution in [0.2, 0.25) is 17.3 Å². The Labute approximate surface area is 388 Å². The molecule has 5 nitrogen and oxygen atoms in total. The summed E-state index contributed by atoms with van der Waals surface area (Å²) in [5, 5.41) is 2.15. The fourth-order valence-corrected chi connectivity index (χ4v) is 11.8. The smallest absolute Gasteiger partial charge is 0 e. The van der Waals surface area contributed by atoms with Gasteiger partial charge in [-0.1, -0.05) is 87.2 Å². The Kier molecular flexibility index (Phi) is 12.1. The number of hydrogen-bond donors (Lipinski definition) is 0. The van der Waals surface area contributed by atoms with E-state index in [0.29, 0.717) is 11.5 Å². The van der Waals surface area contributed by atoms with E-state index in [4.69, 9.17) is 18.5 Å². The minimum atomic E-state index is -2.09. The second-order valence-corrected chi connectivity index (χ2v) is 28.6. The van der Waals surface area contributed by atoms with Crippen molar-refractivity contribution in [2.24, 2.45) is 0 Å². The van der Waals surface area contributed by atoms with Crippen molar-refractivity contribution in [2.75, 3.05) is 0 Å². The Hall–Kier alpha value is -5.14. The van der Waals surface area contributed by atoms with Gasteiger partial charge in [-0.05, 0) is 71.3 Å². The predicted molar refractivity (Wildman–Crippen MR) is 259 cm³/mol. The molecule has 0 unspecified atom stereocenters. The van der Waals surface area contributed by atoms with Gasteiger partial charge in [-0.3, -0.25) is 4.98 Å². The molecule has 4 aromatic heterocycles. The molecule has 5 aromatic carbocycles. The Balaban J connectivity index is 0.000000225. The molecule has 0 aliphatic heterocycles.